The van der Waals surface area contributed by atoms with Gasteiger partial charge >= 0.3 is 0 Å². The molecule has 1 fully saturated rings. The summed E-state index contributed by atoms with van der Waals surface area (Å²) in [7, 11) is 0. The minimum atomic E-state index is -0.0756. The van der Waals surface area contributed by atoms with Gasteiger partial charge < -0.3 is 14.6 Å². The summed E-state index contributed by atoms with van der Waals surface area (Å²) in [5, 5.41) is 3.28. The summed E-state index contributed by atoms with van der Waals surface area (Å²) in [6, 6.07) is 0. The highest BCUT2D eigenvalue weighted by atomic mass is 35.5. The van der Waals surface area contributed by atoms with Gasteiger partial charge in [0.25, 0.3) is 5.91 Å². The number of hydrogen-bond acceptors (Lipinski definition) is 4. The fraction of sp³-hybridized carbons (Fsp3) is 0.600. The molecule has 2 aliphatic rings. The van der Waals surface area contributed by atoms with Gasteiger partial charge in [-0.2, -0.15) is 0 Å². The van der Waals surface area contributed by atoms with Crippen molar-refractivity contribution in [2.75, 3.05) is 26.2 Å². The number of Topliss-reactive ketones (excluding diaryl/α,β-unsaturated/α-hetero) is 1. The Morgan fingerprint density at radius 3 is 2.76 bits per heavy atom. The number of aryl methyl sites for hydroxylation is 1. The number of furan rings is 1. The molecule has 0 radical (unpaired) electrons. The molecule has 1 aliphatic heterocycles. The van der Waals surface area contributed by atoms with Crippen LogP contribution in [0.2, 0.25) is 0 Å². The smallest absolute Gasteiger partial charge is 0.289 e. The highest BCUT2D eigenvalue weighted by molar-refractivity contribution is 6.03. The van der Waals surface area contributed by atoms with E-state index in [1.165, 1.54) is 0 Å². The molecule has 1 aromatic heterocycles. The molecular weight excluding hydrogens is 292 g/mol. The second-order valence-corrected chi connectivity index (χ2v) is 5.53. The molecule has 0 unspecified atom stereocenters. The maximum Gasteiger partial charge on any atom is 0.289 e. The minimum absolute atomic E-state index is 0. The van der Waals surface area contributed by atoms with E-state index in [1.807, 2.05) is 11.8 Å². The van der Waals surface area contributed by atoms with E-state index in [9.17, 15) is 9.59 Å². The summed E-state index contributed by atoms with van der Waals surface area (Å²) in [6.07, 6.45) is 3.09. The number of hydrogen-bond donors (Lipinski definition) is 1. The molecular formula is C15H21ClN2O3. The van der Waals surface area contributed by atoms with Gasteiger partial charge in [0.15, 0.2) is 11.5 Å². The first kappa shape index (κ1) is 16.0. The van der Waals surface area contributed by atoms with E-state index in [-0.39, 0.29) is 24.1 Å². The second-order valence-electron chi connectivity index (χ2n) is 5.53. The molecule has 1 aliphatic carbocycles. The maximum absolute atomic E-state index is 12.6. The number of halogens is 1. The summed E-state index contributed by atoms with van der Waals surface area (Å²) in [4.78, 5) is 26.4. The van der Waals surface area contributed by atoms with Gasteiger partial charge in [0, 0.05) is 38.0 Å². The molecule has 1 N–H and O–H groups in total. The van der Waals surface area contributed by atoms with Gasteiger partial charge in [0.2, 0.25) is 0 Å². The average molecular weight is 313 g/mol. The number of amides is 1. The van der Waals surface area contributed by atoms with E-state index in [0.717, 1.165) is 44.5 Å². The third-order valence-corrected chi connectivity index (χ3v) is 4.13. The Labute approximate surface area is 130 Å². The number of rotatable bonds is 1. The molecule has 1 saturated heterocycles. The summed E-state index contributed by atoms with van der Waals surface area (Å²) < 4.78 is 5.73. The lowest BCUT2D eigenvalue weighted by Crippen LogP contribution is -2.34. The highest BCUT2D eigenvalue weighted by Crippen LogP contribution is 2.30. The Hall–Kier alpha value is -1.33. The van der Waals surface area contributed by atoms with Crippen LogP contribution >= 0.6 is 12.4 Å². The Morgan fingerprint density at radius 1 is 1.19 bits per heavy atom. The van der Waals surface area contributed by atoms with Gasteiger partial charge in [-0.25, -0.2) is 0 Å². The van der Waals surface area contributed by atoms with Gasteiger partial charge in [-0.1, -0.05) is 0 Å². The highest BCUT2D eigenvalue weighted by Gasteiger charge is 2.30. The first-order chi connectivity index (χ1) is 9.68. The van der Waals surface area contributed by atoms with Crippen LogP contribution in [0.4, 0.5) is 0 Å². The predicted octanol–water partition coefficient (Wildman–Crippen LogP) is 1.96. The Balaban J connectivity index is 0.00000161. The van der Waals surface area contributed by atoms with E-state index >= 15 is 0 Å². The van der Waals surface area contributed by atoms with Crippen molar-refractivity contribution in [3.05, 3.63) is 22.6 Å². The first-order valence-electron chi connectivity index (χ1n) is 7.34. The monoisotopic (exact) mass is 312 g/mol. The number of carbonyl (C=O) groups excluding carboxylic acids is 2. The molecule has 21 heavy (non-hydrogen) atoms. The van der Waals surface area contributed by atoms with Crippen LogP contribution in [0.5, 0.6) is 0 Å². The Kier molecular flexibility index (Phi) is 5.06. The van der Waals surface area contributed by atoms with Crippen molar-refractivity contribution in [2.45, 2.75) is 32.6 Å². The summed E-state index contributed by atoms with van der Waals surface area (Å²) >= 11 is 0. The topological polar surface area (TPSA) is 62.6 Å². The van der Waals surface area contributed by atoms with Crippen molar-refractivity contribution in [1.82, 2.24) is 10.2 Å². The van der Waals surface area contributed by atoms with Crippen molar-refractivity contribution >= 4 is 24.1 Å². The lowest BCUT2D eigenvalue weighted by Gasteiger charge is -2.18. The predicted molar refractivity (Wildman–Crippen MR) is 81.4 cm³/mol. The number of ketones is 1. The lowest BCUT2D eigenvalue weighted by molar-refractivity contribution is 0.0730. The Bertz CT molecular complexity index is 545. The van der Waals surface area contributed by atoms with Crippen LogP contribution in [-0.4, -0.2) is 42.8 Å². The molecule has 2 heterocycles. The minimum Gasteiger partial charge on any atom is -0.455 e. The zero-order valence-electron chi connectivity index (χ0n) is 12.2. The second kappa shape index (κ2) is 6.62. The molecule has 1 aromatic rings. The number of nitrogens with one attached hydrogen (secondary N) is 1. The molecule has 3 rings (SSSR count). The van der Waals surface area contributed by atoms with Crippen LogP contribution in [0, 0.1) is 6.92 Å². The van der Waals surface area contributed by atoms with E-state index in [4.69, 9.17) is 4.42 Å². The summed E-state index contributed by atoms with van der Waals surface area (Å²) in [5.41, 5.74) is 1.39. The molecule has 5 nitrogen and oxygen atoms in total. The van der Waals surface area contributed by atoms with E-state index in [2.05, 4.69) is 5.32 Å². The van der Waals surface area contributed by atoms with Crippen molar-refractivity contribution < 1.29 is 14.0 Å². The summed E-state index contributed by atoms with van der Waals surface area (Å²) in [5.74, 6) is 1.11. The number of nitrogens with zero attached hydrogens (tertiary/aromatic N) is 1. The SMILES string of the molecule is Cc1c(C(=O)N2CCCNCC2)oc2c1C(=O)CCC2.Cl. The zero-order chi connectivity index (χ0) is 14.1. The average Bonchev–Trinajstić information content (AvgIpc) is 2.65. The van der Waals surface area contributed by atoms with Crippen LogP contribution in [0.15, 0.2) is 4.42 Å². The van der Waals surface area contributed by atoms with E-state index in [1.54, 1.807) is 0 Å². The quantitative estimate of drug-likeness (QED) is 0.861. The molecule has 0 aromatic carbocycles. The molecule has 0 saturated carbocycles. The standard InChI is InChI=1S/C15H20N2O3.ClH/c1-10-13-11(18)4-2-5-12(13)20-14(10)15(19)17-8-3-6-16-7-9-17;/h16H,2-9H2,1H3;1H. The van der Waals surface area contributed by atoms with Crippen LogP contribution in [0.1, 0.15) is 51.5 Å². The largest absolute Gasteiger partial charge is 0.455 e. The van der Waals surface area contributed by atoms with Gasteiger partial charge in [0.05, 0.1) is 5.56 Å². The normalized spacial score (nSPS) is 18.7. The third kappa shape index (κ3) is 2.99. The van der Waals surface area contributed by atoms with Crippen molar-refractivity contribution in [1.29, 1.82) is 0 Å². The zero-order valence-corrected chi connectivity index (χ0v) is 13.1. The molecule has 1 amide bonds. The van der Waals surface area contributed by atoms with Crippen LogP contribution in [0.25, 0.3) is 0 Å². The third-order valence-electron chi connectivity index (χ3n) is 4.13. The fourth-order valence-corrected chi connectivity index (χ4v) is 3.05. The molecule has 6 heteroatoms. The summed E-state index contributed by atoms with van der Waals surface area (Å²) in [6.45, 7) is 5.01. The van der Waals surface area contributed by atoms with E-state index in [0.29, 0.717) is 30.0 Å². The fourth-order valence-electron chi connectivity index (χ4n) is 3.05. The number of fused-ring (bicyclic) bond motifs is 1. The van der Waals surface area contributed by atoms with Crippen LogP contribution in [-0.2, 0) is 6.42 Å². The molecule has 116 valence electrons. The number of carbonyl (C=O) groups is 2. The van der Waals surface area contributed by atoms with Gasteiger partial charge in [-0.05, 0) is 26.3 Å². The first-order valence-corrected chi connectivity index (χ1v) is 7.34. The molecule has 0 bridgehead atoms. The van der Waals surface area contributed by atoms with Crippen molar-refractivity contribution in [3.63, 3.8) is 0 Å². The van der Waals surface area contributed by atoms with Crippen molar-refractivity contribution in [2.24, 2.45) is 0 Å². The van der Waals surface area contributed by atoms with Crippen LogP contribution in [0.3, 0.4) is 0 Å². The Morgan fingerprint density at radius 2 is 2.00 bits per heavy atom. The van der Waals surface area contributed by atoms with Gasteiger partial charge in [-0.15, -0.1) is 12.4 Å². The van der Waals surface area contributed by atoms with Gasteiger partial charge in [0.1, 0.15) is 5.76 Å². The maximum atomic E-state index is 12.6. The molecule has 0 spiro atoms. The lowest BCUT2D eigenvalue weighted by atomic mass is 9.94. The van der Waals surface area contributed by atoms with Crippen LogP contribution < -0.4 is 5.32 Å². The molecule has 0 atom stereocenters. The van der Waals surface area contributed by atoms with Gasteiger partial charge in [-0.3, -0.25) is 9.59 Å². The van der Waals surface area contributed by atoms with Crippen molar-refractivity contribution in [3.8, 4) is 0 Å². The van der Waals surface area contributed by atoms with E-state index < -0.39 is 0 Å².